The third kappa shape index (κ3) is 4.08. The van der Waals surface area contributed by atoms with Crippen LogP contribution < -0.4 is 0 Å². The first-order chi connectivity index (χ1) is 10.5. The van der Waals surface area contributed by atoms with E-state index >= 15 is 0 Å². The van der Waals surface area contributed by atoms with Crippen LogP contribution >= 0.6 is 15.9 Å². The Bertz CT molecular complexity index is 549. The number of carbonyl (C=O) groups excluding carboxylic acids is 1. The van der Waals surface area contributed by atoms with E-state index in [0.717, 1.165) is 16.5 Å². The van der Waals surface area contributed by atoms with Crippen molar-refractivity contribution < 1.29 is 19.4 Å². The summed E-state index contributed by atoms with van der Waals surface area (Å²) in [6.45, 7) is 2.83. The quantitative estimate of drug-likeness (QED) is 0.864. The average Bonchev–Trinajstić information content (AvgIpc) is 2.53. The minimum atomic E-state index is -1.02. The SMILES string of the molecule is CC[C@H](Cc1ccccc1Br)C(=O)N1CCO[C@H](C(=O)O)C1. The van der Waals surface area contributed by atoms with Gasteiger partial charge in [-0.2, -0.15) is 0 Å². The van der Waals surface area contributed by atoms with Gasteiger partial charge >= 0.3 is 5.97 Å². The Morgan fingerprint density at radius 3 is 2.82 bits per heavy atom. The molecule has 22 heavy (non-hydrogen) atoms. The summed E-state index contributed by atoms with van der Waals surface area (Å²) in [5, 5.41) is 9.04. The molecule has 1 fully saturated rings. The Morgan fingerprint density at radius 2 is 2.18 bits per heavy atom. The number of hydrogen-bond acceptors (Lipinski definition) is 3. The van der Waals surface area contributed by atoms with Crippen molar-refractivity contribution in [2.45, 2.75) is 25.9 Å². The van der Waals surface area contributed by atoms with Crippen LogP contribution in [0.3, 0.4) is 0 Å². The summed E-state index contributed by atoms with van der Waals surface area (Å²) >= 11 is 3.51. The second-order valence-corrected chi connectivity index (χ2v) is 6.24. The molecule has 1 aliphatic heterocycles. The fraction of sp³-hybridized carbons (Fsp3) is 0.500. The van der Waals surface area contributed by atoms with Crippen molar-refractivity contribution in [3.05, 3.63) is 34.3 Å². The van der Waals surface area contributed by atoms with Gasteiger partial charge in [0.15, 0.2) is 6.10 Å². The van der Waals surface area contributed by atoms with E-state index in [4.69, 9.17) is 9.84 Å². The van der Waals surface area contributed by atoms with Gasteiger partial charge in [-0.25, -0.2) is 4.79 Å². The molecule has 0 radical (unpaired) electrons. The van der Waals surface area contributed by atoms with E-state index in [0.29, 0.717) is 13.0 Å². The topological polar surface area (TPSA) is 66.8 Å². The van der Waals surface area contributed by atoms with E-state index in [1.165, 1.54) is 0 Å². The molecular formula is C16H20BrNO4. The van der Waals surface area contributed by atoms with Crippen LogP contribution in [-0.4, -0.2) is 47.7 Å². The molecule has 1 heterocycles. The number of aliphatic carboxylic acids is 1. The maximum Gasteiger partial charge on any atom is 0.334 e. The zero-order valence-corrected chi connectivity index (χ0v) is 14.1. The second kappa shape index (κ2) is 7.74. The first-order valence-electron chi connectivity index (χ1n) is 7.39. The molecule has 0 aliphatic carbocycles. The van der Waals surface area contributed by atoms with Crippen molar-refractivity contribution in [2.24, 2.45) is 5.92 Å². The Hall–Kier alpha value is -1.40. The number of nitrogens with zero attached hydrogens (tertiary/aromatic N) is 1. The lowest BCUT2D eigenvalue weighted by molar-refractivity contribution is -0.160. The van der Waals surface area contributed by atoms with Gasteiger partial charge in [0.25, 0.3) is 0 Å². The van der Waals surface area contributed by atoms with Crippen molar-refractivity contribution in [3.8, 4) is 0 Å². The summed E-state index contributed by atoms with van der Waals surface area (Å²) in [7, 11) is 0. The van der Waals surface area contributed by atoms with Crippen molar-refractivity contribution in [1.29, 1.82) is 0 Å². The van der Waals surface area contributed by atoms with Crippen LogP contribution in [0.1, 0.15) is 18.9 Å². The van der Waals surface area contributed by atoms with E-state index in [1.807, 2.05) is 31.2 Å². The van der Waals surface area contributed by atoms with Crippen molar-refractivity contribution >= 4 is 27.8 Å². The average molecular weight is 370 g/mol. The lowest BCUT2D eigenvalue weighted by Gasteiger charge is -2.33. The van der Waals surface area contributed by atoms with Gasteiger partial charge in [-0.3, -0.25) is 4.79 Å². The molecule has 1 N–H and O–H groups in total. The number of morpholine rings is 1. The van der Waals surface area contributed by atoms with E-state index in [-0.39, 0.29) is 25.0 Å². The van der Waals surface area contributed by atoms with Crippen molar-refractivity contribution in [2.75, 3.05) is 19.7 Å². The molecule has 5 nitrogen and oxygen atoms in total. The molecule has 0 aromatic heterocycles. The van der Waals surface area contributed by atoms with Crippen LogP contribution in [0.15, 0.2) is 28.7 Å². The van der Waals surface area contributed by atoms with Crippen molar-refractivity contribution in [1.82, 2.24) is 4.90 Å². The lowest BCUT2D eigenvalue weighted by Crippen LogP contribution is -2.50. The van der Waals surface area contributed by atoms with Crippen LogP contribution in [0.2, 0.25) is 0 Å². The first kappa shape index (κ1) is 17.0. The normalized spacial score (nSPS) is 19.7. The van der Waals surface area contributed by atoms with Gasteiger partial charge in [0.2, 0.25) is 5.91 Å². The molecule has 1 amide bonds. The van der Waals surface area contributed by atoms with E-state index < -0.39 is 12.1 Å². The number of carbonyl (C=O) groups is 2. The standard InChI is InChI=1S/C16H20BrNO4/c1-2-11(9-12-5-3-4-6-13(12)17)15(19)18-7-8-22-14(10-18)16(20)21/h3-6,11,14H,2,7-10H2,1H3,(H,20,21)/t11-,14+/m1/s1. The monoisotopic (exact) mass is 369 g/mol. The number of benzene rings is 1. The zero-order chi connectivity index (χ0) is 16.1. The van der Waals surface area contributed by atoms with Gasteiger partial charge in [0, 0.05) is 16.9 Å². The molecule has 0 saturated carbocycles. The summed E-state index contributed by atoms with van der Waals surface area (Å²) in [5.74, 6) is -1.16. The van der Waals surface area contributed by atoms with Crippen LogP contribution in [0.4, 0.5) is 0 Å². The van der Waals surface area contributed by atoms with E-state index in [1.54, 1.807) is 4.90 Å². The molecule has 1 aromatic rings. The summed E-state index contributed by atoms with van der Waals surface area (Å²) in [6, 6.07) is 7.85. The maximum absolute atomic E-state index is 12.7. The number of ether oxygens (including phenoxy) is 1. The fourth-order valence-corrected chi connectivity index (χ4v) is 3.04. The summed E-state index contributed by atoms with van der Waals surface area (Å²) in [4.78, 5) is 25.3. The van der Waals surface area contributed by atoms with Crippen LogP contribution in [-0.2, 0) is 20.7 Å². The molecule has 0 unspecified atom stereocenters. The third-order valence-electron chi connectivity index (χ3n) is 3.92. The van der Waals surface area contributed by atoms with Gasteiger partial charge in [0.1, 0.15) is 0 Å². The highest BCUT2D eigenvalue weighted by molar-refractivity contribution is 9.10. The molecule has 0 bridgehead atoms. The number of carboxylic acid groups (broad SMARTS) is 1. The Morgan fingerprint density at radius 1 is 1.45 bits per heavy atom. The van der Waals surface area contributed by atoms with Gasteiger partial charge in [0.05, 0.1) is 13.2 Å². The maximum atomic E-state index is 12.7. The Balaban J connectivity index is 2.05. The second-order valence-electron chi connectivity index (χ2n) is 5.38. The summed E-state index contributed by atoms with van der Waals surface area (Å²) in [6.07, 6.45) is 0.444. The molecule has 2 rings (SSSR count). The predicted octanol–water partition coefficient (Wildman–Crippen LogP) is 2.33. The molecule has 2 atom stereocenters. The number of rotatable bonds is 5. The van der Waals surface area contributed by atoms with Gasteiger partial charge < -0.3 is 14.7 Å². The molecule has 120 valence electrons. The fourth-order valence-electron chi connectivity index (χ4n) is 2.59. The molecule has 1 aliphatic rings. The summed E-state index contributed by atoms with van der Waals surface area (Å²) in [5.41, 5.74) is 1.09. The van der Waals surface area contributed by atoms with Gasteiger partial charge in [-0.15, -0.1) is 0 Å². The van der Waals surface area contributed by atoms with Gasteiger partial charge in [-0.05, 0) is 24.5 Å². The number of halogens is 1. The van der Waals surface area contributed by atoms with Gasteiger partial charge in [-0.1, -0.05) is 41.1 Å². The largest absolute Gasteiger partial charge is 0.479 e. The number of hydrogen-bond donors (Lipinski definition) is 1. The number of amides is 1. The molecule has 1 aromatic carbocycles. The summed E-state index contributed by atoms with van der Waals surface area (Å²) < 4.78 is 6.16. The van der Waals surface area contributed by atoms with Crippen molar-refractivity contribution in [3.63, 3.8) is 0 Å². The minimum Gasteiger partial charge on any atom is -0.479 e. The highest BCUT2D eigenvalue weighted by Gasteiger charge is 2.31. The van der Waals surface area contributed by atoms with E-state index in [9.17, 15) is 9.59 Å². The molecule has 1 saturated heterocycles. The zero-order valence-electron chi connectivity index (χ0n) is 12.5. The number of carboxylic acids is 1. The predicted molar refractivity (Wildman–Crippen MR) is 85.6 cm³/mol. The van der Waals surface area contributed by atoms with Crippen LogP contribution in [0.5, 0.6) is 0 Å². The molecular weight excluding hydrogens is 350 g/mol. The highest BCUT2D eigenvalue weighted by Crippen LogP contribution is 2.23. The van der Waals surface area contributed by atoms with E-state index in [2.05, 4.69) is 15.9 Å². The Kier molecular flexibility index (Phi) is 5.97. The minimum absolute atomic E-state index is 0.00723. The lowest BCUT2D eigenvalue weighted by atomic mass is 9.95. The highest BCUT2D eigenvalue weighted by atomic mass is 79.9. The first-order valence-corrected chi connectivity index (χ1v) is 8.18. The van der Waals surface area contributed by atoms with Crippen LogP contribution in [0, 0.1) is 5.92 Å². The molecule has 0 spiro atoms. The molecule has 6 heteroatoms. The van der Waals surface area contributed by atoms with Crippen LogP contribution in [0.25, 0.3) is 0 Å². The Labute approximate surface area is 138 Å². The smallest absolute Gasteiger partial charge is 0.334 e. The third-order valence-corrected chi connectivity index (χ3v) is 4.69.